The number of para-hydroxylation sites is 2. The summed E-state index contributed by atoms with van der Waals surface area (Å²) in [5, 5.41) is 3.89. The van der Waals surface area contributed by atoms with Gasteiger partial charge >= 0.3 is 0 Å². The van der Waals surface area contributed by atoms with E-state index < -0.39 is 0 Å². The van der Waals surface area contributed by atoms with Gasteiger partial charge in [-0.2, -0.15) is 0 Å². The molecular formula is C18H16N2. The molecule has 0 fully saturated rings. The number of rotatable bonds is 1. The van der Waals surface area contributed by atoms with Crippen LogP contribution in [-0.2, 0) is 13.5 Å². The molecule has 20 heavy (non-hydrogen) atoms. The van der Waals surface area contributed by atoms with E-state index in [1.54, 1.807) is 0 Å². The molecule has 2 heterocycles. The average molecular weight is 260 g/mol. The van der Waals surface area contributed by atoms with Crippen LogP contribution in [0, 0.1) is 0 Å². The molecule has 0 N–H and O–H groups in total. The zero-order chi connectivity index (χ0) is 13.7. The number of pyridine rings is 1. The summed E-state index contributed by atoms with van der Waals surface area (Å²) in [6.07, 6.45) is 1.02. The molecule has 2 nitrogen and oxygen atoms in total. The fourth-order valence-electron chi connectivity index (χ4n) is 3.25. The van der Waals surface area contributed by atoms with Gasteiger partial charge in [-0.25, -0.2) is 4.98 Å². The van der Waals surface area contributed by atoms with Crippen LogP contribution < -0.4 is 0 Å². The normalized spacial score (nSPS) is 11.7. The van der Waals surface area contributed by atoms with Gasteiger partial charge in [0.05, 0.1) is 11.0 Å². The highest BCUT2D eigenvalue weighted by atomic mass is 15.0. The predicted octanol–water partition coefficient (Wildman–Crippen LogP) is 4.44. The average Bonchev–Trinajstić information content (AvgIpc) is 2.79. The summed E-state index contributed by atoms with van der Waals surface area (Å²) in [4.78, 5) is 4.89. The SMILES string of the molecule is CCc1c2ccccc2nc2c1c1ccccc1n2C. The van der Waals surface area contributed by atoms with E-state index in [1.807, 2.05) is 0 Å². The molecule has 98 valence electrons. The van der Waals surface area contributed by atoms with Crippen molar-refractivity contribution < 1.29 is 0 Å². The van der Waals surface area contributed by atoms with E-state index in [9.17, 15) is 0 Å². The van der Waals surface area contributed by atoms with E-state index >= 15 is 0 Å². The first-order valence-corrected chi connectivity index (χ1v) is 7.06. The number of aryl methyl sites for hydroxylation is 2. The Bertz CT molecular complexity index is 948. The highest BCUT2D eigenvalue weighted by molar-refractivity contribution is 6.12. The molecule has 0 spiro atoms. The Morgan fingerprint density at radius 1 is 0.950 bits per heavy atom. The lowest BCUT2D eigenvalue weighted by Crippen LogP contribution is -1.93. The van der Waals surface area contributed by atoms with Crippen LogP contribution in [0.2, 0.25) is 0 Å². The first-order chi connectivity index (χ1) is 9.81. The fourth-order valence-corrected chi connectivity index (χ4v) is 3.25. The molecule has 0 saturated heterocycles. The van der Waals surface area contributed by atoms with Crippen LogP contribution in [0.25, 0.3) is 32.8 Å². The van der Waals surface area contributed by atoms with E-state index in [-0.39, 0.29) is 0 Å². The van der Waals surface area contributed by atoms with Gasteiger partial charge in [-0.05, 0) is 24.1 Å². The van der Waals surface area contributed by atoms with Crippen molar-refractivity contribution in [2.75, 3.05) is 0 Å². The van der Waals surface area contributed by atoms with Crippen LogP contribution >= 0.6 is 0 Å². The van der Waals surface area contributed by atoms with Crippen LogP contribution in [0.4, 0.5) is 0 Å². The van der Waals surface area contributed by atoms with Crippen LogP contribution in [0.1, 0.15) is 12.5 Å². The zero-order valence-electron chi connectivity index (χ0n) is 11.7. The van der Waals surface area contributed by atoms with Crippen molar-refractivity contribution in [2.24, 2.45) is 7.05 Å². The zero-order valence-corrected chi connectivity index (χ0v) is 11.7. The Kier molecular flexibility index (Phi) is 2.34. The molecule has 0 aliphatic heterocycles. The minimum Gasteiger partial charge on any atom is -0.328 e. The lowest BCUT2D eigenvalue weighted by atomic mass is 10.0. The Labute approximate surface area is 117 Å². The van der Waals surface area contributed by atoms with E-state index in [4.69, 9.17) is 4.98 Å². The highest BCUT2D eigenvalue weighted by Gasteiger charge is 2.14. The molecular weight excluding hydrogens is 244 g/mol. The standard InChI is InChI=1S/C18H16N2/c1-3-12-13-8-4-6-10-15(13)19-18-17(12)14-9-5-7-11-16(14)20(18)2/h4-11H,3H2,1-2H3. The van der Waals surface area contributed by atoms with E-state index in [2.05, 4.69) is 67.1 Å². The van der Waals surface area contributed by atoms with E-state index in [1.165, 1.54) is 27.2 Å². The molecule has 4 rings (SSSR count). The highest BCUT2D eigenvalue weighted by Crippen LogP contribution is 2.33. The second-order valence-corrected chi connectivity index (χ2v) is 5.24. The summed E-state index contributed by atoms with van der Waals surface area (Å²) >= 11 is 0. The number of aromatic nitrogens is 2. The van der Waals surface area contributed by atoms with Crippen molar-refractivity contribution in [1.82, 2.24) is 9.55 Å². The summed E-state index contributed by atoms with van der Waals surface area (Å²) < 4.78 is 2.20. The maximum absolute atomic E-state index is 4.89. The van der Waals surface area contributed by atoms with Gasteiger partial charge in [-0.3, -0.25) is 0 Å². The first kappa shape index (κ1) is 11.5. The molecule has 0 atom stereocenters. The van der Waals surface area contributed by atoms with Crippen LogP contribution in [0.15, 0.2) is 48.5 Å². The van der Waals surface area contributed by atoms with Crippen molar-refractivity contribution >= 4 is 32.8 Å². The van der Waals surface area contributed by atoms with Gasteiger partial charge in [-0.1, -0.05) is 43.3 Å². The van der Waals surface area contributed by atoms with Crippen LogP contribution in [-0.4, -0.2) is 9.55 Å². The van der Waals surface area contributed by atoms with Crippen molar-refractivity contribution in [2.45, 2.75) is 13.3 Å². The quantitative estimate of drug-likeness (QED) is 0.494. The van der Waals surface area contributed by atoms with Gasteiger partial charge in [0, 0.05) is 23.2 Å². The second kappa shape index (κ2) is 4.07. The van der Waals surface area contributed by atoms with Gasteiger partial charge in [0.25, 0.3) is 0 Å². The summed E-state index contributed by atoms with van der Waals surface area (Å²) in [6.45, 7) is 2.23. The number of fused-ring (bicyclic) bond motifs is 4. The molecule has 2 aromatic carbocycles. The van der Waals surface area contributed by atoms with Crippen LogP contribution in [0.5, 0.6) is 0 Å². The Morgan fingerprint density at radius 2 is 1.65 bits per heavy atom. The maximum Gasteiger partial charge on any atom is 0.141 e. The summed E-state index contributed by atoms with van der Waals surface area (Å²) in [5.41, 5.74) is 4.83. The topological polar surface area (TPSA) is 17.8 Å². The minimum absolute atomic E-state index is 1.02. The van der Waals surface area contributed by atoms with Crippen LogP contribution in [0.3, 0.4) is 0 Å². The molecule has 0 saturated carbocycles. The molecule has 0 amide bonds. The van der Waals surface area contributed by atoms with Crippen molar-refractivity contribution in [3.8, 4) is 0 Å². The van der Waals surface area contributed by atoms with Gasteiger partial charge in [0.15, 0.2) is 0 Å². The van der Waals surface area contributed by atoms with Gasteiger partial charge < -0.3 is 4.57 Å². The number of hydrogen-bond donors (Lipinski definition) is 0. The van der Waals surface area contributed by atoms with Gasteiger partial charge in [0.2, 0.25) is 0 Å². The third-order valence-electron chi connectivity index (χ3n) is 4.19. The van der Waals surface area contributed by atoms with Crippen molar-refractivity contribution in [3.05, 3.63) is 54.1 Å². The largest absolute Gasteiger partial charge is 0.328 e. The summed E-state index contributed by atoms with van der Waals surface area (Å²) in [7, 11) is 2.10. The minimum atomic E-state index is 1.02. The molecule has 0 bridgehead atoms. The second-order valence-electron chi connectivity index (χ2n) is 5.24. The van der Waals surface area contributed by atoms with Crippen molar-refractivity contribution in [1.29, 1.82) is 0 Å². The lowest BCUT2D eigenvalue weighted by molar-refractivity contribution is 0.992. The summed E-state index contributed by atoms with van der Waals surface area (Å²) in [6, 6.07) is 17.0. The first-order valence-electron chi connectivity index (χ1n) is 7.06. The third kappa shape index (κ3) is 1.36. The van der Waals surface area contributed by atoms with Gasteiger partial charge in [0.1, 0.15) is 5.65 Å². The van der Waals surface area contributed by atoms with E-state index in [0.717, 1.165) is 17.6 Å². The van der Waals surface area contributed by atoms with Gasteiger partial charge in [-0.15, -0.1) is 0 Å². The molecule has 0 radical (unpaired) electrons. The molecule has 0 aliphatic carbocycles. The molecule has 4 aromatic rings. The molecule has 2 aromatic heterocycles. The van der Waals surface area contributed by atoms with Crippen molar-refractivity contribution in [3.63, 3.8) is 0 Å². The number of hydrogen-bond acceptors (Lipinski definition) is 1. The molecule has 2 heteroatoms. The smallest absolute Gasteiger partial charge is 0.141 e. The maximum atomic E-state index is 4.89. The monoisotopic (exact) mass is 260 g/mol. The predicted molar refractivity (Wildman–Crippen MR) is 85.1 cm³/mol. The Hall–Kier alpha value is -2.35. The number of benzene rings is 2. The molecule has 0 unspecified atom stereocenters. The molecule has 0 aliphatic rings. The number of nitrogens with zero attached hydrogens (tertiary/aromatic N) is 2. The Morgan fingerprint density at radius 3 is 2.45 bits per heavy atom. The third-order valence-corrected chi connectivity index (χ3v) is 4.19. The Balaban J connectivity index is 2.37. The van der Waals surface area contributed by atoms with E-state index in [0.29, 0.717) is 0 Å². The fraction of sp³-hybridized carbons (Fsp3) is 0.167. The summed E-state index contributed by atoms with van der Waals surface area (Å²) in [5.74, 6) is 0. The lowest BCUT2D eigenvalue weighted by Gasteiger charge is -2.07.